The van der Waals surface area contributed by atoms with Crippen LogP contribution in [0.1, 0.15) is 42.5 Å². The lowest BCUT2D eigenvalue weighted by atomic mass is 10.1. The van der Waals surface area contributed by atoms with E-state index in [4.69, 9.17) is 0 Å². The normalized spacial score (nSPS) is 25.8. The summed E-state index contributed by atoms with van der Waals surface area (Å²) < 4.78 is 0. The van der Waals surface area contributed by atoms with Crippen LogP contribution in [-0.4, -0.2) is 71.0 Å². The molecular formula is C17H28N4S. The van der Waals surface area contributed by atoms with Crippen molar-refractivity contribution in [3.63, 3.8) is 0 Å². The van der Waals surface area contributed by atoms with Crippen molar-refractivity contribution in [2.24, 2.45) is 0 Å². The fourth-order valence-corrected chi connectivity index (χ4v) is 4.79. The number of piperazine rings is 1. The van der Waals surface area contributed by atoms with Crippen LogP contribution in [0.5, 0.6) is 0 Å². The van der Waals surface area contributed by atoms with Gasteiger partial charge in [0.15, 0.2) is 0 Å². The van der Waals surface area contributed by atoms with Crippen LogP contribution < -0.4 is 0 Å². The van der Waals surface area contributed by atoms with Gasteiger partial charge in [-0.3, -0.25) is 14.7 Å². The van der Waals surface area contributed by atoms with Crippen molar-refractivity contribution in [3.8, 4) is 0 Å². The van der Waals surface area contributed by atoms with Crippen LogP contribution in [0.15, 0.2) is 6.20 Å². The minimum Gasteiger partial charge on any atom is -0.298 e. The molecule has 0 radical (unpaired) electrons. The minimum absolute atomic E-state index is 0.701. The molecule has 0 unspecified atom stereocenters. The van der Waals surface area contributed by atoms with Gasteiger partial charge in [-0.1, -0.05) is 0 Å². The predicted octanol–water partition coefficient (Wildman–Crippen LogP) is 2.23. The highest BCUT2D eigenvalue weighted by molar-refractivity contribution is 7.11. The lowest BCUT2D eigenvalue weighted by molar-refractivity contribution is -0.00373. The molecule has 122 valence electrons. The van der Waals surface area contributed by atoms with Crippen LogP contribution in [0.25, 0.3) is 0 Å². The van der Waals surface area contributed by atoms with Gasteiger partial charge in [-0.25, -0.2) is 4.98 Å². The van der Waals surface area contributed by atoms with Gasteiger partial charge in [0.2, 0.25) is 0 Å². The minimum atomic E-state index is 0.701. The molecule has 4 nitrogen and oxygen atoms in total. The maximum absolute atomic E-state index is 4.60. The average Bonchev–Trinajstić information content (AvgIpc) is 3.22. The first-order valence-electron chi connectivity index (χ1n) is 8.84. The van der Waals surface area contributed by atoms with E-state index in [1.807, 2.05) is 11.3 Å². The van der Waals surface area contributed by atoms with Gasteiger partial charge in [-0.2, -0.15) is 0 Å². The third-order valence-electron chi connectivity index (χ3n) is 5.41. The van der Waals surface area contributed by atoms with Crippen molar-refractivity contribution in [1.82, 2.24) is 19.7 Å². The second-order valence-electron chi connectivity index (χ2n) is 7.45. The van der Waals surface area contributed by atoms with Gasteiger partial charge in [0.25, 0.3) is 0 Å². The van der Waals surface area contributed by atoms with Gasteiger partial charge >= 0.3 is 0 Å². The molecule has 1 saturated carbocycles. The van der Waals surface area contributed by atoms with Crippen molar-refractivity contribution in [2.45, 2.75) is 51.2 Å². The van der Waals surface area contributed by atoms with Crippen molar-refractivity contribution in [3.05, 3.63) is 16.1 Å². The van der Waals surface area contributed by atoms with Gasteiger partial charge in [0.1, 0.15) is 0 Å². The summed E-state index contributed by atoms with van der Waals surface area (Å²) in [6.45, 7) is 13.2. The number of nitrogens with zero attached hydrogens (tertiary/aromatic N) is 4. The summed E-state index contributed by atoms with van der Waals surface area (Å²) in [5.74, 6) is 0.806. The molecule has 0 atom stereocenters. The number of rotatable bonds is 5. The summed E-state index contributed by atoms with van der Waals surface area (Å²) in [5, 5.41) is 1.39. The Morgan fingerprint density at radius 1 is 1.18 bits per heavy atom. The van der Waals surface area contributed by atoms with Crippen LogP contribution in [0.4, 0.5) is 0 Å². The maximum atomic E-state index is 4.60. The first kappa shape index (κ1) is 15.1. The average molecular weight is 321 g/mol. The molecule has 5 heteroatoms. The number of hydrogen-bond donors (Lipinski definition) is 0. The van der Waals surface area contributed by atoms with E-state index in [1.54, 1.807) is 0 Å². The summed E-state index contributed by atoms with van der Waals surface area (Å²) in [7, 11) is 0. The van der Waals surface area contributed by atoms with Crippen molar-refractivity contribution < 1.29 is 0 Å². The van der Waals surface area contributed by atoms with Crippen molar-refractivity contribution in [1.29, 1.82) is 0 Å². The molecule has 1 aromatic rings. The summed E-state index contributed by atoms with van der Waals surface area (Å²) in [6, 6.07) is 1.50. The summed E-state index contributed by atoms with van der Waals surface area (Å²) >= 11 is 1.95. The third-order valence-corrected chi connectivity index (χ3v) is 6.56. The smallest absolute Gasteiger partial charge is 0.0959 e. The van der Waals surface area contributed by atoms with Crippen LogP contribution in [0, 0.1) is 0 Å². The molecule has 1 aliphatic carbocycles. The molecule has 3 heterocycles. The lowest BCUT2D eigenvalue weighted by Crippen LogP contribution is -2.63. The van der Waals surface area contributed by atoms with E-state index in [0.717, 1.165) is 18.5 Å². The third kappa shape index (κ3) is 3.23. The standard InChI is InChI=1S/C17H28N4S/c1-13(2)20-5-7-21(8-6-20)15-10-19(11-15)12-16-9-18-17(22-16)14-3-4-14/h9,13-15H,3-8,10-12H2,1-2H3. The van der Waals surface area contributed by atoms with Crippen molar-refractivity contribution >= 4 is 11.3 Å². The molecule has 0 N–H and O–H groups in total. The predicted molar refractivity (Wildman–Crippen MR) is 91.4 cm³/mol. The van der Waals surface area contributed by atoms with E-state index < -0.39 is 0 Å². The molecular weight excluding hydrogens is 292 g/mol. The quantitative estimate of drug-likeness (QED) is 0.830. The fraction of sp³-hybridized carbons (Fsp3) is 0.824. The maximum Gasteiger partial charge on any atom is 0.0959 e. The molecule has 3 fully saturated rings. The van der Waals surface area contributed by atoms with E-state index in [1.165, 1.54) is 62.0 Å². The highest BCUT2D eigenvalue weighted by Gasteiger charge is 2.34. The Morgan fingerprint density at radius 3 is 2.55 bits per heavy atom. The monoisotopic (exact) mass is 320 g/mol. The molecule has 2 saturated heterocycles. The summed E-state index contributed by atoms with van der Waals surface area (Å²) in [5.41, 5.74) is 0. The molecule has 0 aromatic carbocycles. The summed E-state index contributed by atoms with van der Waals surface area (Å²) in [6.07, 6.45) is 4.84. The van der Waals surface area contributed by atoms with Gasteiger partial charge in [0.05, 0.1) is 5.01 Å². The van der Waals surface area contributed by atoms with E-state index in [-0.39, 0.29) is 0 Å². The number of likely N-dealkylation sites (tertiary alicyclic amines) is 1. The summed E-state index contributed by atoms with van der Waals surface area (Å²) in [4.78, 5) is 14.0. The Kier molecular flexibility index (Phi) is 4.24. The Hall–Kier alpha value is -0.490. The van der Waals surface area contributed by atoms with Crippen molar-refractivity contribution in [2.75, 3.05) is 39.3 Å². The number of thiazole rings is 1. The molecule has 3 aliphatic rings. The molecule has 1 aromatic heterocycles. The highest BCUT2D eigenvalue weighted by atomic mass is 32.1. The van der Waals surface area contributed by atoms with E-state index in [2.05, 4.69) is 39.7 Å². The Balaban J connectivity index is 1.21. The Bertz CT molecular complexity index is 497. The van der Waals surface area contributed by atoms with Crippen LogP contribution in [0.2, 0.25) is 0 Å². The Morgan fingerprint density at radius 2 is 1.91 bits per heavy atom. The zero-order valence-electron chi connectivity index (χ0n) is 13.9. The van der Waals surface area contributed by atoms with Gasteiger partial charge < -0.3 is 0 Å². The van der Waals surface area contributed by atoms with Crippen LogP contribution in [0.3, 0.4) is 0 Å². The first-order chi connectivity index (χ1) is 10.7. The molecule has 0 amide bonds. The lowest BCUT2D eigenvalue weighted by Gasteiger charge is -2.48. The Labute approximate surface area is 138 Å². The molecule has 4 rings (SSSR count). The fourth-order valence-electron chi connectivity index (χ4n) is 3.66. The molecule has 22 heavy (non-hydrogen) atoms. The highest BCUT2D eigenvalue weighted by Crippen LogP contribution is 2.42. The number of aromatic nitrogens is 1. The second kappa shape index (κ2) is 6.19. The molecule has 0 spiro atoms. The first-order valence-corrected chi connectivity index (χ1v) is 9.66. The zero-order valence-corrected chi connectivity index (χ0v) is 14.7. The second-order valence-corrected chi connectivity index (χ2v) is 8.60. The SMILES string of the molecule is CC(C)N1CCN(C2CN(Cc3cnc(C4CC4)s3)C2)CC1. The van der Waals surface area contributed by atoms with Crippen LogP contribution >= 0.6 is 11.3 Å². The molecule has 2 aliphatic heterocycles. The van der Waals surface area contributed by atoms with Gasteiger partial charge in [-0.15, -0.1) is 11.3 Å². The topological polar surface area (TPSA) is 22.6 Å². The van der Waals surface area contributed by atoms with Gasteiger partial charge in [-0.05, 0) is 26.7 Å². The zero-order chi connectivity index (χ0) is 15.1. The number of hydrogen-bond acceptors (Lipinski definition) is 5. The van der Waals surface area contributed by atoms with E-state index in [9.17, 15) is 0 Å². The van der Waals surface area contributed by atoms with Gasteiger partial charge in [0, 0.05) is 74.9 Å². The largest absolute Gasteiger partial charge is 0.298 e. The van der Waals surface area contributed by atoms with Crippen LogP contribution in [-0.2, 0) is 6.54 Å². The molecule has 0 bridgehead atoms. The van der Waals surface area contributed by atoms with E-state index >= 15 is 0 Å². The van der Waals surface area contributed by atoms with E-state index in [0.29, 0.717) is 6.04 Å².